The second-order valence-electron chi connectivity index (χ2n) is 7.06. The third kappa shape index (κ3) is 3.44. The standard InChI is InChI=1S/C21H20N6O2/c28-20(15-7-12-29-14-15)26-10-5-16(6-11-26)24-21-22-8-4-17(25-21)18-13-23-19-3-1-2-9-27(18)19/h1-4,7-9,12-14,16H,5-6,10-11H2,(H,22,24,25). The normalized spacial score (nSPS) is 15.0. The van der Waals surface area contributed by atoms with Crippen LogP contribution in [0.1, 0.15) is 23.2 Å². The fourth-order valence-electron chi connectivity index (χ4n) is 3.67. The summed E-state index contributed by atoms with van der Waals surface area (Å²) in [6, 6.07) is 9.70. The zero-order valence-electron chi connectivity index (χ0n) is 15.7. The van der Waals surface area contributed by atoms with Crippen LogP contribution in [0.4, 0.5) is 5.95 Å². The summed E-state index contributed by atoms with van der Waals surface area (Å²) in [6.45, 7) is 1.38. The van der Waals surface area contributed by atoms with E-state index in [0.717, 1.165) is 29.9 Å². The number of hydrogen-bond acceptors (Lipinski definition) is 6. The van der Waals surface area contributed by atoms with E-state index in [0.29, 0.717) is 24.6 Å². The van der Waals surface area contributed by atoms with Crippen molar-refractivity contribution in [2.45, 2.75) is 18.9 Å². The SMILES string of the molecule is O=C(c1ccoc1)N1CCC(Nc2nccc(-c3cnc4ccccn34)n2)CC1. The maximum atomic E-state index is 12.4. The average Bonchev–Trinajstić information content (AvgIpc) is 3.44. The van der Waals surface area contributed by atoms with Gasteiger partial charge in [-0.05, 0) is 37.1 Å². The molecule has 5 heterocycles. The number of hydrogen-bond donors (Lipinski definition) is 1. The first-order valence-electron chi connectivity index (χ1n) is 9.61. The van der Waals surface area contributed by atoms with Crippen LogP contribution < -0.4 is 5.32 Å². The van der Waals surface area contributed by atoms with E-state index >= 15 is 0 Å². The second-order valence-corrected chi connectivity index (χ2v) is 7.06. The number of nitrogens with zero attached hydrogens (tertiary/aromatic N) is 5. The van der Waals surface area contributed by atoms with Gasteiger partial charge in [0.25, 0.3) is 5.91 Å². The van der Waals surface area contributed by atoms with Gasteiger partial charge < -0.3 is 14.6 Å². The molecule has 1 N–H and O–H groups in total. The number of likely N-dealkylation sites (tertiary alicyclic amines) is 1. The zero-order chi connectivity index (χ0) is 19.6. The van der Waals surface area contributed by atoms with Gasteiger partial charge in [0.05, 0.1) is 29.4 Å². The predicted molar refractivity (Wildman–Crippen MR) is 107 cm³/mol. The van der Waals surface area contributed by atoms with Crippen LogP contribution in [0.15, 0.2) is 65.9 Å². The van der Waals surface area contributed by atoms with E-state index in [4.69, 9.17) is 4.42 Å². The molecule has 0 saturated carbocycles. The number of rotatable bonds is 4. The summed E-state index contributed by atoms with van der Waals surface area (Å²) < 4.78 is 7.02. The molecule has 0 spiro atoms. The molecule has 8 heteroatoms. The molecular formula is C21H20N6O2. The van der Waals surface area contributed by atoms with E-state index in [2.05, 4.69) is 20.3 Å². The summed E-state index contributed by atoms with van der Waals surface area (Å²) >= 11 is 0. The Kier molecular flexibility index (Phi) is 4.44. The number of piperidine rings is 1. The number of nitrogens with one attached hydrogen (secondary N) is 1. The van der Waals surface area contributed by atoms with E-state index in [1.54, 1.807) is 12.3 Å². The minimum absolute atomic E-state index is 0.0167. The van der Waals surface area contributed by atoms with Crippen LogP contribution in [-0.2, 0) is 0 Å². The highest BCUT2D eigenvalue weighted by atomic mass is 16.3. The molecule has 0 aliphatic carbocycles. The third-order valence-corrected chi connectivity index (χ3v) is 5.22. The fourth-order valence-corrected chi connectivity index (χ4v) is 3.67. The van der Waals surface area contributed by atoms with Gasteiger partial charge in [-0.25, -0.2) is 15.0 Å². The summed E-state index contributed by atoms with van der Waals surface area (Å²) in [6.07, 6.45) is 10.2. The van der Waals surface area contributed by atoms with Crippen molar-refractivity contribution in [1.29, 1.82) is 0 Å². The van der Waals surface area contributed by atoms with Crippen molar-refractivity contribution >= 4 is 17.5 Å². The minimum atomic E-state index is 0.0167. The Morgan fingerprint density at radius 1 is 1.14 bits per heavy atom. The Balaban J connectivity index is 1.26. The topological polar surface area (TPSA) is 88.6 Å². The lowest BCUT2D eigenvalue weighted by atomic mass is 10.0. The quantitative estimate of drug-likeness (QED) is 0.578. The molecule has 0 atom stereocenters. The molecule has 8 nitrogen and oxygen atoms in total. The predicted octanol–water partition coefficient (Wildman–Crippen LogP) is 3.10. The van der Waals surface area contributed by atoms with Gasteiger partial charge in [0.15, 0.2) is 0 Å². The Labute approximate surface area is 167 Å². The van der Waals surface area contributed by atoms with Crippen molar-refractivity contribution in [3.63, 3.8) is 0 Å². The summed E-state index contributed by atoms with van der Waals surface area (Å²) in [5.41, 5.74) is 3.21. The van der Waals surface area contributed by atoms with Gasteiger partial charge in [0, 0.05) is 31.5 Å². The zero-order valence-corrected chi connectivity index (χ0v) is 15.7. The molecule has 0 unspecified atom stereocenters. The molecule has 1 saturated heterocycles. The lowest BCUT2D eigenvalue weighted by Crippen LogP contribution is -2.42. The van der Waals surface area contributed by atoms with Crippen molar-refractivity contribution in [2.24, 2.45) is 0 Å². The first kappa shape index (κ1) is 17.4. The van der Waals surface area contributed by atoms with E-state index in [9.17, 15) is 4.79 Å². The third-order valence-electron chi connectivity index (χ3n) is 5.22. The fraction of sp³-hybridized carbons (Fsp3) is 0.238. The maximum absolute atomic E-state index is 12.4. The van der Waals surface area contributed by atoms with E-state index in [-0.39, 0.29) is 11.9 Å². The molecule has 1 amide bonds. The maximum Gasteiger partial charge on any atom is 0.257 e. The van der Waals surface area contributed by atoms with E-state index < -0.39 is 0 Å². The number of amides is 1. The summed E-state index contributed by atoms with van der Waals surface area (Å²) in [5, 5.41) is 3.42. The Hall–Kier alpha value is -3.68. The summed E-state index contributed by atoms with van der Waals surface area (Å²) in [5.74, 6) is 0.607. The Morgan fingerprint density at radius 3 is 2.86 bits per heavy atom. The first-order valence-corrected chi connectivity index (χ1v) is 9.61. The molecule has 146 valence electrons. The number of carbonyl (C=O) groups excluding carboxylic acids is 1. The van der Waals surface area contributed by atoms with Gasteiger partial charge in [-0.2, -0.15) is 0 Å². The Morgan fingerprint density at radius 2 is 2.03 bits per heavy atom. The highest BCUT2D eigenvalue weighted by Gasteiger charge is 2.24. The molecule has 1 aliphatic rings. The van der Waals surface area contributed by atoms with Crippen LogP contribution in [-0.4, -0.2) is 49.3 Å². The minimum Gasteiger partial charge on any atom is -0.472 e. The van der Waals surface area contributed by atoms with Gasteiger partial charge in [0.2, 0.25) is 5.95 Å². The van der Waals surface area contributed by atoms with Crippen LogP contribution >= 0.6 is 0 Å². The lowest BCUT2D eigenvalue weighted by Gasteiger charge is -2.32. The summed E-state index contributed by atoms with van der Waals surface area (Å²) in [7, 11) is 0. The highest BCUT2D eigenvalue weighted by molar-refractivity contribution is 5.93. The van der Waals surface area contributed by atoms with Gasteiger partial charge in [-0.3, -0.25) is 9.20 Å². The summed E-state index contributed by atoms with van der Waals surface area (Å²) in [4.78, 5) is 27.8. The molecule has 4 aromatic heterocycles. The van der Waals surface area contributed by atoms with Gasteiger partial charge in [0.1, 0.15) is 11.9 Å². The molecule has 0 aromatic carbocycles. The number of aromatic nitrogens is 4. The average molecular weight is 388 g/mol. The number of furan rings is 1. The monoisotopic (exact) mass is 388 g/mol. The molecule has 4 aromatic rings. The number of carbonyl (C=O) groups is 1. The van der Waals surface area contributed by atoms with E-state index in [1.165, 1.54) is 12.5 Å². The Bertz CT molecular complexity index is 1130. The largest absolute Gasteiger partial charge is 0.472 e. The van der Waals surface area contributed by atoms with Crippen molar-refractivity contribution in [3.05, 3.63) is 67.0 Å². The van der Waals surface area contributed by atoms with Crippen LogP contribution in [0, 0.1) is 0 Å². The molecule has 0 radical (unpaired) electrons. The lowest BCUT2D eigenvalue weighted by molar-refractivity contribution is 0.0717. The van der Waals surface area contributed by atoms with Crippen LogP contribution in [0.5, 0.6) is 0 Å². The van der Waals surface area contributed by atoms with Crippen LogP contribution in [0.3, 0.4) is 0 Å². The molecule has 0 bridgehead atoms. The van der Waals surface area contributed by atoms with Crippen molar-refractivity contribution in [3.8, 4) is 11.4 Å². The second kappa shape index (κ2) is 7.38. The van der Waals surface area contributed by atoms with Crippen molar-refractivity contribution in [2.75, 3.05) is 18.4 Å². The molecule has 1 fully saturated rings. The molecule has 1 aliphatic heterocycles. The van der Waals surface area contributed by atoms with Gasteiger partial charge >= 0.3 is 0 Å². The van der Waals surface area contributed by atoms with Gasteiger partial charge in [-0.1, -0.05) is 6.07 Å². The number of imidazole rings is 1. The van der Waals surface area contributed by atoms with Crippen LogP contribution in [0.25, 0.3) is 17.0 Å². The molecular weight excluding hydrogens is 368 g/mol. The number of pyridine rings is 1. The molecule has 5 rings (SSSR count). The smallest absolute Gasteiger partial charge is 0.257 e. The van der Waals surface area contributed by atoms with E-state index in [1.807, 2.05) is 46.0 Å². The van der Waals surface area contributed by atoms with Crippen molar-refractivity contribution in [1.82, 2.24) is 24.3 Å². The van der Waals surface area contributed by atoms with Crippen LogP contribution in [0.2, 0.25) is 0 Å². The highest BCUT2D eigenvalue weighted by Crippen LogP contribution is 2.21. The number of anilines is 1. The number of fused-ring (bicyclic) bond motifs is 1. The molecule has 29 heavy (non-hydrogen) atoms. The van der Waals surface area contributed by atoms with Crippen molar-refractivity contribution < 1.29 is 9.21 Å². The van der Waals surface area contributed by atoms with Gasteiger partial charge in [-0.15, -0.1) is 0 Å². The first-order chi connectivity index (χ1) is 14.3.